The van der Waals surface area contributed by atoms with Crippen molar-refractivity contribution in [3.05, 3.63) is 0 Å². The Bertz CT molecular complexity index is 470. The molecule has 2 aliphatic rings. The summed E-state index contributed by atoms with van der Waals surface area (Å²) in [6.07, 6.45) is 0.608. The SMILES string of the molecule is CC1OC(C)(C)N(C(=O)OC(C)(C)C)C1CNC1=NCCCN1. The smallest absolute Gasteiger partial charge is 0.412 e. The normalized spacial score (nSPS) is 27.2. The number of aliphatic imine (C=N–C) groups is 1. The van der Waals surface area contributed by atoms with Gasteiger partial charge in [-0.15, -0.1) is 0 Å². The average molecular weight is 326 g/mol. The van der Waals surface area contributed by atoms with Crippen molar-refractivity contribution < 1.29 is 14.3 Å². The Labute approximate surface area is 138 Å². The van der Waals surface area contributed by atoms with Gasteiger partial charge in [-0.25, -0.2) is 4.79 Å². The first-order valence-corrected chi connectivity index (χ1v) is 8.32. The highest BCUT2D eigenvalue weighted by molar-refractivity contribution is 5.80. The molecule has 1 saturated heterocycles. The summed E-state index contributed by atoms with van der Waals surface area (Å²) in [6.45, 7) is 13.7. The summed E-state index contributed by atoms with van der Waals surface area (Å²) in [5.41, 5.74) is -1.23. The van der Waals surface area contributed by atoms with Crippen molar-refractivity contribution in [2.45, 2.75) is 71.4 Å². The second-order valence-electron chi connectivity index (χ2n) is 7.58. The van der Waals surface area contributed by atoms with Gasteiger partial charge in [0.25, 0.3) is 0 Å². The largest absolute Gasteiger partial charge is 0.444 e. The molecule has 0 bridgehead atoms. The van der Waals surface area contributed by atoms with Crippen molar-refractivity contribution in [2.24, 2.45) is 4.99 Å². The van der Waals surface area contributed by atoms with Crippen LogP contribution in [0.5, 0.6) is 0 Å². The lowest BCUT2D eigenvalue weighted by atomic mass is 10.1. The van der Waals surface area contributed by atoms with Gasteiger partial charge in [-0.05, 0) is 48.0 Å². The molecule has 2 rings (SSSR count). The lowest BCUT2D eigenvalue weighted by molar-refractivity contribution is -0.0755. The number of rotatable bonds is 2. The summed E-state index contributed by atoms with van der Waals surface area (Å²) < 4.78 is 11.5. The fourth-order valence-corrected chi connectivity index (χ4v) is 2.98. The van der Waals surface area contributed by atoms with Gasteiger partial charge in [0, 0.05) is 19.6 Å². The Morgan fingerprint density at radius 3 is 2.78 bits per heavy atom. The first-order chi connectivity index (χ1) is 10.6. The van der Waals surface area contributed by atoms with Gasteiger partial charge < -0.3 is 20.1 Å². The van der Waals surface area contributed by atoms with E-state index in [1.165, 1.54) is 0 Å². The molecule has 132 valence electrons. The molecular formula is C16H30N4O3. The number of nitrogens with one attached hydrogen (secondary N) is 2. The molecule has 0 saturated carbocycles. The number of ether oxygens (including phenoxy) is 2. The van der Waals surface area contributed by atoms with Crippen LogP contribution in [0.4, 0.5) is 4.79 Å². The lowest BCUT2D eigenvalue weighted by Crippen LogP contribution is -2.54. The van der Waals surface area contributed by atoms with Crippen molar-refractivity contribution in [1.29, 1.82) is 0 Å². The minimum absolute atomic E-state index is 0.0887. The highest BCUT2D eigenvalue weighted by Gasteiger charge is 2.49. The van der Waals surface area contributed by atoms with Gasteiger partial charge in [0.1, 0.15) is 11.3 Å². The summed E-state index contributed by atoms with van der Waals surface area (Å²) in [5, 5.41) is 6.51. The van der Waals surface area contributed by atoms with E-state index in [9.17, 15) is 4.79 Å². The second kappa shape index (κ2) is 6.55. The van der Waals surface area contributed by atoms with Crippen molar-refractivity contribution >= 4 is 12.1 Å². The third kappa shape index (κ3) is 4.50. The van der Waals surface area contributed by atoms with E-state index in [4.69, 9.17) is 9.47 Å². The predicted octanol–water partition coefficient (Wildman–Crippen LogP) is 1.69. The molecule has 7 heteroatoms. The maximum Gasteiger partial charge on any atom is 0.412 e. The van der Waals surface area contributed by atoms with E-state index in [0.717, 1.165) is 25.5 Å². The molecule has 2 aliphatic heterocycles. The summed E-state index contributed by atoms with van der Waals surface area (Å²) in [5.74, 6) is 0.789. The molecular weight excluding hydrogens is 296 g/mol. The predicted molar refractivity (Wildman–Crippen MR) is 89.4 cm³/mol. The lowest BCUT2D eigenvalue weighted by Gasteiger charge is -2.35. The molecule has 7 nitrogen and oxygen atoms in total. The van der Waals surface area contributed by atoms with Crippen LogP contribution in [0.2, 0.25) is 0 Å². The van der Waals surface area contributed by atoms with Crippen LogP contribution < -0.4 is 10.6 Å². The maximum absolute atomic E-state index is 12.6. The number of carbonyl (C=O) groups excluding carboxylic acids is 1. The van der Waals surface area contributed by atoms with Crippen LogP contribution in [0, 0.1) is 0 Å². The van der Waals surface area contributed by atoms with Crippen molar-refractivity contribution in [1.82, 2.24) is 15.5 Å². The monoisotopic (exact) mass is 326 g/mol. The standard InChI is InChI=1S/C16H30N4O3/c1-11-12(10-19-13-17-8-7-9-18-13)20(16(5,6)22-11)14(21)23-15(2,3)4/h11-12H,7-10H2,1-6H3,(H2,17,18,19). The van der Waals surface area contributed by atoms with Crippen molar-refractivity contribution in [2.75, 3.05) is 19.6 Å². The summed E-state index contributed by atoms with van der Waals surface area (Å²) in [6, 6.07) is -0.119. The molecule has 23 heavy (non-hydrogen) atoms. The molecule has 2 heterocycles. The Morgan fingerprint density at radius 2 is 2.22 bits per heavy atom. The van der Waals surface area contributed by atoms with Gasteiger partial charge in [0.05, 0.1) is 12.1 Å². The molecule has 2 unspecified atom stereocenters. The van der Waals surface area contributed by atoms with E-state index < -0.39 is 11.3 Å². The summed E-state index contributed by atoms with van der Waals surface area (Å²) in [7, 11) is 0. The van der Waals surface area contributed by atoms with Gasteiger partial charge in [0.15, 0.2) is 5.96 Å². The van der Waals surface area contributed by atoms with Crippen LogP contribution >= 0.6 is 0 Å². The van der Waals surface area contributed by atoms with Crippen LogP contribution in [-0.2, 0) is 9.47 Å². The molecule has 1 fully saturated rings. The number of nitrogens with zero attached hydrogens (tertiary/aromatic N) is 2. The molecule has 0 aromatic rings. The van der Waals surface area contributed by atoms with E-state index in [1.807, 2.05) is 41.5 Å². The first-order valence-electron chi connectivity index (χ1n) is 8.32. The number of amides is 1. The fourth-order valence-electron chi connectivity index (χ4n) is 2.98. The fraction of sp³-hybridized carbons (Fsp3) is 0.875. The summed E-state index contributed by atoms with van der Waals surface area (Å²) in [4.78, 5) is 18.7. The number of hydrogen-bond acceptors (Lipinski definition) is 6. The Kier molecular flexibility index (Phi) is 5.08. The average Bonchev–Trinajstić information content (AvgIpc) is 2.64. The molecule has 1 amide bonds. The minimum Gasteiger partial charge on any atom is -0.444 e. The Hall–Kier alpha value is -1.50. The van der Waals surface area contributed by atoms with Crippen LogP contribution in [0.3, 0.4) is 0 Å². The zero-order chi connectivity index (χ0) is 17.3. The number of carbonyl (C=O) groups is 1. The van der Waals surface area contributed by atoms with E-state index in [2.05, 4.69) is 15.6 Å². The second-order valence-corrected chi connectivity index (χ2v) is 7.58. The van der Waals surface area contributed by atoms with Crippen LogP contribution in [-0.4, -0.2) is 60.1 Å². The first kappa shape index (κ1) is 17.8. The molecule has 2 atom stereocenters. The quantitative estimate of drug-likeness (QED) is 0.807. The molecule has 0 aromatic carbocycles. The van der Waals surface area contributed by atoms with E-state index >= 15 is 0 Å². The third-order valence-corrected chi connectivity index (χ3v) is 3.89. The zero-order valence-electron chi connectivity index (χ0n) is 15.1. The minimum atomic E-state index is -0.699. The van der Waals surface area contributed by atoms with Gasteiger partial charge in [0.2, 0.25) is 0 Å². The van der Waals surface area contributed by atoms with Crippen molar-refractivity contribution in [3.8, 4) is 0 Å². The number of guanidine groups is 1. The van der Waals surface area contributed by atoms with Crippen molar-refractivity contribution in [3.63, 3.8) is 0 Å². The molecule has 0 aromatic heterocycles. The van der Waals surface area contributed by atoms with Crippen LogP contribution in [0.1, 0.15) is 48.0 Å². The molecule has 0 spiro atoms. The summed E-state index contributed by atoms with van der Waals surface area (Å²) >= 11 is 0. The molecule has 0 aliphatic carbocycles. The Morgan fingerprint density at radius 1 is 1.52 bits per heavy atom. The topological polar surface area (TPSA) is 75.2 Å². The van der Waals surface area contributed by atoms with Gasteiger partial charge in [-0.2, -0.15) is 0 Å². The van der Waals surface area contributed by atoms with Gasteiger partial charge in [-0.3, -0.25) is 9.89 Å². The Balaban J connectivity index is 2.07. The zero-order valence-corrected chi connectivity index (χ0v) is 15.1. The third-order valence-electron chi connectivity index (χ3n) is 3.89. The van der Waals surface area contributed by atoms with Crippen LogP contribution in [0.25, 0.3) is 0 Å². The van der Waals surface area contributed by atoms with E-state index in [-0.39, 0.29) is 18.2 Å². The molecule has 2 N–H and O–H groups in total. The van der Waals surface area contributed by atoms with Gasteiger partial charge >= 0.3 is 6.09 Å². The van der Waals surface area contributed by atoms with Crippen LogP contribution in [0.15, 0.2) is 4.99 Å². The van der Waals surface area contributed by atoms with E-state index in [1.54, 1.807) is 4.90 Å². The highest BCUT2D eigenvalue weighted by Crippen LogP contribution is 2.33. The van der Waals surface area contributed by atoms with Gasteiger partial charge in [-0.1, -0.05) is 0 Å². The molecule has 0 radical (unpaired) electrons. The number of hydrogen-bond donors (Lipinski definition) is 2. The maximum atomic E-state index is 12.6. The van der Waals surface area contributed by atoms with E-state index in [0.29, 0.717) is 6.54 Å². The highest BCUT2D eigenvalue weighted by atomic mass is 16.6.